The highest BCUT2D eigenvalue weighted by molar-refractivity contribution is 7.92. The largest absolute Gasteiger partial charge is 0.322 e. The summed E-state index contributed by atoms with van der Waals surface area (Å²) in [5.41, 5.74) is 2.76. The first-order valence-electron chi connectivity index (χ1n) is 7.15. The molecule has 0 aliphatic heterocycles. The number of rotatable bonds is 5. The smallest absolute Gasteiger partial charge is 0.256 e. The molecule has 0 saturated heterocycles. The molecule has 2 N–H and O–H groups in total. The highest BCUT2D eigenvalue weighted by atomic mass is 32.2. The summed E-state index contributed by atoms with van der Waals surface area (Å²) in [6.45, 7) is 1.68. The van der Waals surface area contributed by atoms with Crippen molar-refractivity contribution in [2.24, 2.45) is 0 Å². The van der Waals surface area contributed by atoms with Gasteiger partial charge in [-0.15, -0.1) is 0 Å². The maximum Gasteiger partial charge on any atom is 0.256 e. The van der Waals surface area contributed by atoms with E-state index in [2.05, 4.69) is 16.1 Å². The lowest BCUT2D eigenvalue weighted by Gasteiger charge is -2.12. The minimum absolute atomic E-state index is 0.312. The predicted molar refractivity (Wildman–Crippen MR) is 93.4 cm³/mol. The molecule has 0 atom stereocenters. The van der Waals surface area contributed by atoms with Gasteiger partial charge >= 0.3 is 0 Å². The van der Waals surface area contributed by atoms with Crippen LogP contribution in [-0.2, 0) is 16.4 Å². The van der Waals surface area contributed by atoms with Crippen molar-refractivity contribution in [3.05, 3.63) is 59.2 Å². The lowest BCUT2D eigenvalue weighted by molar-refractivity contribution is 0.102. The van der Waals surface area contributed by atoms with Crippen molar-refractivity contribution >= 4 is 27.3 Å². The third kappa shape index (κ3) is 4.57. The zero-order chi connectivity index (χ0) is 17.7. The molecule has 0 bridgehead atoms. The van der Waals surface area contributed by atoms with Crippen molar-refractivity contribution < 1.29 is 13.2 Å². The van der Waals surface area contributed by atoms with Crippen molar-refractivity contribution in [3.63, 3.8) is 0 Å². The van der Waals surface area contributed by atoms with Gasteiger partial charge in [0.25, 0.3) is 5.91 Å². The second-order valence-electron chi connectivity index (χ2n) is 5.34. The molecule has 0 saturated carbocycles. The van der Waals surface area contributed by atoms with Gasteiger partial charge in [0.1, 0.15) is 0 Å². The zero-order valence-corrected chi connectivity index (χ0v) is 14.1. The molecule has 0 radical (unpaired) electrons. The van der Waals surface area contributed by atoms with E-state index < -0.39 is 10.0 Å². The Morgan fingerprint density at radius 3 is 2.42 bits per heavy atom. The summed E-state index contributed by atoms with van der Waals surface area (Å²) < 4.78 is 25.1. The fourth-order valence-electron chi connectivity index (χ4n) is 2.19. The summed E-state index contributed by atoms with van der Waals surface area (Å²) in [6, 6.07) is 13.9. The van der Waals surface area contributed by atoms with Gasteiger partial charge in [-0.2, -0.15) is 5.26 Å². The van der Waals surface area contributed by atoms with Gasteiger partial charge in [0, 0.05) is 11.3 Å². The Morgan fingerprint density at radius 2 is 1.83 bits per heavy atom. The van der Waals surface area contributed by atoms with Crippen LogP contribution in [0.3, 0.4) is 0 Å². The van der Waals surface area contributed by atoms with Crippen molar-refractivity contribution in [1.82, 2.24) is 0 Å². The number of hydrogen-bond acceptors (Lipinski definition) is 4. The Balaban J connectivity index is 2.21. The fraction of sp³-hybridized carbons (Fsp3) is 0.176. The van der Waals surface area contributed by atoms with Gasteiger partial charge in [-0.3, -0.25) is 9.52 Å². The molecule has 7 heteroatoms. The number of carbonyl (C=O) groups excluding carboxylic acids is 1. The van der Waals surface area contributed by atoms with E-state index in [1.165, 1.54) is 0 Å². The molecule has 2 rings (SSSR count). The molecule has 0 aromatic heterocycles. The van der Waals surface area contributed by atoms with Gasteiger partial charge in [-0.1, -0.05) is 18.2 Å². The quantitative estimate of drug-likeness (QED) is 0.872. The van der Waals surface area contributed by atoms with E-state index >= 15 is 0 Å². The molecule has 24 heavy (non-hydrogen) atoms. The normalized spacial score (nSPS) is 10.7. The number of nitrogens with one attached hydrogen (secondary N) is 2. The third-order valence-electron chi connectivity index (χ3n) is 3.37. The molecule has 2 aromatic carbocycles. The molecule has 0 aliphatic rings. The SMILES string of the molecule is Cc1c(NS(C)(=O)=O)cccc1C(=O)Nc1ccc(CC#N)cc1. The summed E-state index contributed by atoms with van der Waals surface area (Å²) >= 11 is 0. The summed E-state index contributed by atoms with van der Waals surface area (Å²) in [6.07, 6.45) is 1.37. The number of nitriles is 1. The van der Waals surface area contributed by atoms with Crippen LogP contribution in [0, 0.1) is 18.3 Å². The first kappa shape index (κ1) is 17.5. The minimum Gasteiger partial charge on any atom is -0.322 e. The van der Waals surface area contributed by atoms with Gasteiger partial charge in [0.2, 0.25) is 10.0 Å². The average Bonchev–Trinajstić information content (AvgIpc) is 2.50. The van der Waals surface area contributed by atoms with Crippen LogP contribution in [0.25, 0.3) is 0 Å². The summed E-state index contributed by atoms with van der Waals surface area (Å²) in [5.74, 6) is -0.335. The van der Waals surface area contributed by atoms with Crippen LogP contribution in [0.15, 0.2) is 42.5 Å². The van der Waals surface area contributed by atoms with Crippen LogP contribution in [0.2, 0.25) is 0 Å². The van der Waals surface area contributed by atoms with Crippen molar-refractivity contribution in [2.75, 3.05) is 16.3 Å². The van der Waals surface area contributed by atoms with Crippen LogP contribution in [0.4, 0.5) is 11.4 Å². The Labute approximate surface area is 141 Å². The second-order valence-corrected chi connectivity index (χ2v) is 7.09. The number of benzene rings is 2. The zero-order valence-electron chi connectivity index (χ0n) is 13.3. The lowest BCUT2D eigenvalue weighted by atomic mass is 10.1. The van der Waals surface area contributed by atoms with E-state index in [-0.39, 0.29) is 5.91 Å². The summed E-state index contributed by atoms with van der Waals surface area (Å²) in [5, 5.41) is 11.4. The molecule has 1 amide bonds. The van der Waals surface area contributed by atoms with Gasteiger partial charge < -0.3 is 5.32 Å². The minimum atomic E-state index is -3.42. The van der Waals surface area contributed by atoms with E-state index in [0.717, 1.165) is 11.8 Å². The second kappa shape index (κ2) is 7.15. The van der Waals surface area contributed by atoms with E-state index in [1.54, 1.807) is 49.4 Å². The van der Waals surface area contributed by atoms with Crippen LogP contribution in [0.5, 0.6) is 0 Å². The van der Waals surface area contributed by atoms with Gasteiger partial charge in [-0.25, -0.2) is 8.42 Å². The van der Waals surface area contributed by atoms with Crippen LogP contribution in [-0.4, -0.2) is 20.6 Å². The van der Waals surface area contributed by atoms with Crippen molar-refractivity contribution in [1.29, 1.82) is 5.26 Å². The molecule has 0 aliphatic carbocycles. The first-order chi connectivity index (χ1) is 11.3. The fourth-order valence-corrected chi connectivity index (χ4v) is 2.81. The average molecular weight is 343 g/mol. The maximum absolute atomic E-state index is 12.4. The van der Waals surface area contributed by atoms with Gasteiger partial charge in [0.05, 0.1) is 24.4 Å². The molecule has 124 valence electrons. The molecule has 2 aromatic rings. The van der Waals surface area contributed by atoms with Gasteiger partial charge in [0.15, 0.2) is 0 Å². The molecular weight excluding hydrogens is 326 g/mol. The van der Waals surface area contributed by atoms with E-state index in [9.17, 15) is 13.2 Å². The maximum atomic E-state index is 12.4. The number of anilines is 2. The Morgan fingerprint density at radius 1 is 1.17 bits per heavy atom. The lowest BCUT2D eigenvalue weighted by Crippen LogP contribution is -2.16. The van der Waals surface area contributed by atoms with Crippen LogP contribution in [0.1, 0.15) is 21.5 Å². The number of sulfonamides is 1. The molecule has 0 fully saturated rings. The van der Waals surface area contributed by atoms with E-state index in [1.807, 2.05) is 0 Å². The standard InChI is InChI=1S/C17H17N3O3S/c1-12-15(4-3-5-16(12)20-24(2,22)23)17(21)19-14-8-6-13(7-9-14)10-11-18/h3-9,20H,10H2,1-2H3,(H,19,21). The van der Waals surface area contributed by atoms with Crippen molar-refractivity contribution in [2.45, 2.75) is 13.3 Å². The number of amides is 1. The molecule has 0 unspecified atom stereocenters. The number of nitrogens with zero attached hydrogens (tertiary/aromatic N) is 1. The molecule has 0 heterocycles. The summed E-state index contributed by atoms with van der Waals surface area (Å²) in [7, 11) is -3.42. The molecular formula is C17H17N3O3S. The number of hydrogen-bond donors (Lipinski definition) is 2. The van der Waals surface area contributed by atoms with Crippen LogP contribution >= 0.6 is 0 Å². The molecule has 0 spiro atoms. The Hall–Kier alpha value is -2.85. The predicted octanol–water partition coefficient (Wildman–Crippen LogP) is 2.68. The molecule has 6 nitrogen and oxygen atoms in total. The van der Waals surface area contributed by atoms with Crippen LogP contribution < -0.4 is 10.0 Å². The Kier molecular flexibility index (Phi) is 5.21. The van der Waals surface area contributed by atoms with Crippen molar-refractivity contribution in [3.8, 4) is 6.07 Å². The highest BCUT2D eigenvalue weighted by Crippen LogP contribution is 2.21. The summed E-state index contributed by atoms with van der Waals surface area (Å²) in [4.78, 5) is 12.4. The first-order valence-corrected chi connectivity index (χ1v) is 9.04. The Bertz CT molecular complexity index is 898. The number of carbonyl (C=O) groups is 1. The third-order valence-corrected chi connectivity index (χ3v) is 3.96. The topological polar surface area (TPSA) is 99.1 Å². The monoisotopic (exact) mass is 343 g/mol. The van der Waals surface area contributed by atoms with Gasteiger partial charge in [-0.05, 0) is 42.3 Å². The van der Waals surface area contributed by atoms with E-state index in [0.29, 0.717) is 28.9 Å². The highest BCUT2D eigenvalue weighted by Gasteiger charge is 2.14. The van der Waals surface area contributed by atoms with E-state index in [4.69, 9.17) is 5.26 Å².